The second kappa shape index (κ2) is 7.13. The zero-order valence-electron chi connectivity index (χ0n) is 16.7. The Morgan fingerprint density at radius 3 is 2.13 bits per heavy atom. The third-order valence-corrected chi connectivity index (χ3v) is 5.99. The molecular weight excluding hydrogens is 384 g/mol. The molecule has 0 aromatic heterocycles. The summed E-state index contributed by atoms with van der Waals surface area (Å²) in [5, 5.41) is 4.61. The predicted octanol–water partition coefficient (Wildman–Crippen LogP) is 6.73. The summed E-state index contributed by atoms with van der Waals surface area (Å²) in [6, 6.07) is 20.2. The molecule has 0 aliphatic heterocycles. The summed E-state index contributed by atoms with van der Waals surface area (Å²) in [6.45, 7) is 2.79. The number of benzene rings is 4. The van der Waals surface area contributed by atoms with Crippen LogP contribution in [0.5, 0.6) is 5.75 Å². The highest BCUT2D eigenvalue weighted by Gasteiger charge is 2.18. The molecule has 0 amide bonds. The third kappa shape index (κ3) is 3.01. The van der Waals surface area contributed by atoms with Crippen molar-refractivity contribution in [3.8, 4) is 5.75 Å². The Labute approximate surface area is 180 Å². The molecule has 148 valence electrons. The van der Waals surface area contributed by atoms with Crippen molar-refractivity contribution in [3.63, 3.8) is 0 Å². The molecule has 0 saturated carbocycles. The first-order valence-electron chi connectivity index (χ1n) is 10.3. The summed E-state index contributed by atoms with van der Waals surface area (Å²) in [5.41, 5.74) is 5.14. The van der Waals surface area contributed by atoms with Crippen molar-refractivity contribution in [1.29, 1.82) is 0 Å². The minimum atomic E-state index is -0.799. The highest BCUT2D eigenvalue weighted by molar-refractivity contribution is 5.98. The molecule has 0 heterocycles. The van der Waals surface area contributed by atoms with E-state index in [1.54, 1.807) is 0 Å². The average Bonchev–Trinajstić information content (AvgIpc) is 2.81. The molecule has 4 aromatic rings. The van der Waals surface area contributed by atoms with Crippen LogP contribution in [0.25, 0.3) is 33.7 Å². The number of rotatable bonds is 3. The van der Waals surface area contributed by atoms with E-state index in [2.05, 4.69) is 61.2 Å². The monoisotopic (exact) mass is 402 g/mol. The summed E-state index contributed by atoms with van der Waals surface area (Å²) in [5.74, 6) is 0.490. The van der Waals surface area contributed by atoms with Crippen molar-refractivity contribution >= 4 is 39.9 Å². The fourth-order valence-electron chi connectivity index (χ4n) is 4.62. The van der Waals surface area contributed by atoms with Gasteiger partial charge in [0.05, 0.1) is 0 Å². The van der Waals surface area contributed by atoms with Crippen molar-refractivity contribution in [1.82, 2.24) is 0 Å². The SMILES string of the molecule is O=C(O[C]c1ccc2cccc3c2c1C=CC3)Oc1ccc2cccc3c2c1C=CC3. The van der Waals surface area contributed by atoms with Gasteiger partial charge in [0.25, 0.3) is 0 Å². The number of hydrogen-bond acceptors (Lipinski definition) is 3. The van der Waals surface area contributed by atoms with E-state index >= 15 is 0 Å². The molecule has 3 heteroatoms. The quantitative estimate of drug-likeness (QED) is 0.281. The number of ether oxygens (including phenoxy) is 2. The largest absolute Gasteiger partial charge is 0.515 e. The topological polar surface area (TPSA) is 35.5 Å². The molecule has 0 bridgehead atoms. The first kappa shape index (κ1) is 18.0. The van der Waals surface area contributed by atoms with Gasteiger partial charge in [-0.2, -0.15) is 0 Å². The van der Waals surface area contributed by atoms with Crippen LogP contribution >= 0.6 is 0 Å². The molecule has 3 nitrogen and oxygen atoms in total. The van der Waals surface area contributed by atoms with Gasteiger partial charge in [0.15, 0.2) is 0 Å². The van der Waals surface area contributed by atoms with E-state index in [9.17, 15) is 4.79 Å². The van der Waals surface area contributed by atoms with Gasteiger partial charge in [-0.15, -0.1) is 0 Å². The van der Waals surface area contributed by atoms with Crippen molar-refractivity contribution in [2.75, 3.05) is 0 Å². The standard InChI is InChI=1S/C28H18O3/c29-28(31-25-16-15-21-8-2-6-19-10-4-12-24(25)27(19)21)30-17-22-14-13-20-7-1-5-18-9-3-11-23(22)26(18)20/h1-8,11-16H,9-10H2. The Kier molecular flexibility index (Phi) is 4.13. The molecule has 2 aliphatic rings. The molecule has 0 saturated heterocycles. The Morgan fingerprint density at radius 1 is 0.742 bits per heavy atom. The summed E-state index contributed by atoms with van der Waals surface area (Å²) in [7, 11) is 0. The van der Waals surface area contributed by atoms with E-state index in [4.69, 9.17) is 9.47 Å². The normalized spacial score (nSPS) is 13.5. The lowest BCUT2D eigenvalue weighted by Crippen LogP contribution is -2.11. The van der Waals surface area contributed by atoms with Gasteiger partial charge < -0.3 is 9.47 Å². The van der Waals surface area contributed by atoms with Gasteiger partial charge in [-0.3, -0.25) is 0 Å². The fourth-order valence-corrected chi connectivity index (χ4v) is 4.62. The molecule has 31 heavy (non-hydrogen) atoms. The van der Waals surface area contributed by atoms with Gasteiger partial charge in [0.2, 0.25) is 6.61 Å². The molecule has 0 N–H and O–H groups in total. The fraction of sp³-hybridized carbons (Fsp3) is 0.0714. The Hall–Kier alpha value is -3.85. The molecule has 0 spiro atoms. The van der Waals surface area contributed by atoms with Gasteiger partial charge in [-0.1, -0.05) is 78.9 Å². The van der Waals surface area contributed by atoms with Crippen LogP contribution in [0, 0.1) is 6.61 Å². The molecular formula is C28H18O3. The van der Waals surface area contributed by atoms with E-state index in [0.717, 1.165) is 40.3 Å². The number of hydrogen-bond donors (Lipinski definition) is 0. The molecule has 6 rings (SSSR count). The number of carbonyl (C=O) groups is 1. The first-order valence-corrected chi connectivity index (χ1v) is 10.3. The van der Waals surface area contributed by atoms with E-state index in [1.165, 1.54) is 21.9 Å². The maximum absolute atomic E-state index is 12.5. The van der Waals surface area contributed by atoms with Crippen LogP contribution in [0.3, 0.4) is 0 Å². The van der Waals surface area contributed by atoms with Crippen LogP contribution in [0.15, 0.2) is 72.8 Å². The van der Waals surface area contributed by atoms with E-state index in [0.29, 0.717) is 5.75 Å². The highest BCUT2D eigenvalue weighted by Crippen LogP contribution is 2.35. The number of carbonyl (C=O) groups excluding carboxylic acids is 1. The predicted molar refractivity (Wildman–Crippen MR) is 123 cm³/mol. The lowest BCUT2D eigenvalue weighted by atomic mass is 9.90. The van der Waals surface area contributed by atoms with Gasteiger partial charge in [0.1, 0.15) is 5.75 Å². The van der Waals surface area contributed by atoms with Crippen LogP contribution < -0.4 is 4.74 Å². The van der Waals surface area contributed by atoms with Crippen molar-refractivity contribution in [2.24, 2.45) is 0 Å². The number of allylic oxidation sites excluding steroid dienone is 2. The summed E-state index contributed by atoms with van der Waals surface area (Å²) in [4.78, 5) is 12.5. The molecule has 0 atom stereocenters. The van der Waals surface area contributed by atoms with Crippen molar-refractivity contribution < 1.29 is 14.3 Å². The third-order valence-electron chi connectivity index (χ3n) is 5.99. The molecule has 2 radical (unpaired) electrons. The van der Waals surface area contributed by atoms with Gasteiger partial charge >= 0.3 is 6.16 Å². The van der Waals surface area contributed by atoms with E-state index in [1.807, 2.05) is 30.3 Å². The lowest BCUT2D eigenvalue weighted by Gasteiger charge is -2.17. The Bertz CT molecular complexity index is 1430. The smallest absolute Gasteiger partial charge is 0.413 e. The first-order chi connectivity index (χ1) is 15.3. The maximum Gasteiger partial charge on any atom is 0.515 e. The molecule has 2 aliphatic carbocycles. The zero-order chi connectivity index (χ0) is 20.8. The van der Waals surface area contributed by atoms with Crippen LogP contribution in [-0.4, -0.2) is 6.16 Å². The van der Waals surface area contributed by atoms with E-state index in [-0.39, 0.29) is 0 Å². The molecule has 4 aromatic carbocycles. The molecule has 0 fully saturated rings. The second-order valence-corrected chi connectivity index (χ2v) is 7.80. The van der Waals surface area contributed by atoms with Crippen LogP contribution in [0.2, 0.25) is 0 Å². The van der Waals surface area contributed by atoms with Crippen LogP contribution in [0.4, 0.5) is 4.79 Å². The minimum absolute atomic E-state index is 0.490. The summed E-state index contributed by atoms with van der Waals surface area (Å²) in [6.07, 6.45) is 9.24. The minimum Gasteiger partial charge on any atom is -0.413 e. The van der Waals surface area contributed by atoms with Crippen LogP contribution in [-0.2, 0) is 17.6 Å². The van der Waals surface area contributed by atoms with Gasteiger partial charge in [-0.05, 0) is 57.1 Å². The maximum atomic E-state index is 12.5. The Morgan fingerprint density at radius 2 is 1.39 bits per heavy atom. The van der Waals surface area contributed by atoms with Crippen molar-refractivity contribution in [3.05, 3.63) is 107 Å². The zero-order valence-corrected chi connectivity index (χ0v) is 16.7. The lowest BCUT2D eigenvalue weighted by molar-refractivity contribution is 0.126. The highest BCUT2D eigenvalue weighted by atomic mass is 16.7. The average molecular weight is 402 g/mol. The van der Waals surface area contributed by atoms with E-state index < -0.39 is 6.16 Å². The summed E-state index contributed by atoms with van der Waals surface area (Å²) < 4.78 is 10.8. The van der Waals surface area contributed by atoms with Gasteiger partial charge in [-0.25, -0.2) is 4.79 Å². The van der Waals surface area contributed by atoms with Gasteiger partial charge in [0, 0.05) is 11.1 Å². The summed E-state index contributed by atoms with van der Waals surface area (Å²) >= 11 is 0. The second-order valence-electron chi connectivity index (χ2n) is 7.80. The van der Waals surface area contributed by atoms with Crippen LogP contribution in [0.1, 0.15) is 27.8 Å². The molecule has 0 unspecified atom stereocenters. The van der Waals surface area contributed by atoms with Crippen molar-refractivity contribution in [2.45, 2.75) is 12.8 Å². The Balaban J connectivity index is 1.26.